The van der Waals surface area contributed by atoms with Crippen LogP contribution in [0.2, 0.25) is 0 Å². The summed E-state index contributed by atoms with van der Waals surface area (Å²) in [5, 5.41) is 0. The van der Waals surface area contributed by atoms with E-state index in [-0.39, 0.29) is 58.6 Å². The quantitative estimate of drug-likeness (QED) is 0.168. The summed E-state index contributed by atoms with van der Waals surface area (Å²) in [4.78, 5) is 51.6. The lowest BCUT2D eigenvalue weighted by Crippen LogP contribution is -2.30. The van der Waals surface area contributed by atoms with Gasteiger partial charge in [-0.15, -0.1) is 0 Å². The van der Waals surface area contributed by atoms with Crippen LogP contribution in [0, 0.1) is 30.1 Å². The van der Waals surface area contributed by atoms with Gasteiger partial charge in [-0.3, -0.25) is 19.2 Å². The normalized spacial score (nSPS) is 15.8. The standard InChI is InChI=1S/C41H58O4.C3H8/c1-10-12-33(35(11-2)38(44)19-27(5)42)20-31-22-37-36(26(3)4)24-32(28(6)40(37)39(45)23-31)17-18-34(43)21-29-13-15-30(16-14-29)25-41(7,8)9;1-3-2/h13-16,24,26,31,33,35H,10-12,17-23,25H2,1-9H3;3H2,1-2H3. The van der Waals surface area contributed by atoms with E-state index in [0.717, 1.165) is 60.8 Å². The van der Waals surface area contributed by atoms with Crippen LogP contribution in [0.1, 0.15) is 170 Å². The molecule has 3 unspecified atom stereocenters. The van der Waals surface area contributed by atoms with Gasteiger partial charge in [-0.2, -0.15) is 0 Å². The monoisotopic (exact) mass is 658 g/mol. The average Bonchev–Trinajstić information content (AvgIpc) is 2.97. The zero-order valence-electron chi connectivity index (χ0n) is 32.3. The summed E-state index contributed by atoms with van der Waals surface area (Å²) in [6, 6.07) is 10.7. The van der Waals surface area contributed by atoms with Gasteiger partial charge in [0.25, 0.3) is 0 Å². The first-order valence-electron chi connectivity index (χ1n) is 18.8. The number of fused-ring (bicyclic) bond motifs is 1. The molecule has 0 aromatic heterocycles. The van der Waals surface area contributed by atoms with Gasteiger partial charge in [-0.05, 0) is 103 Å². The number of hydrogen-bond donors (Lipinski definition) is 0. The first-order chi connectivity index (χ1) is 22.5. The fourth-order valence-electron chi connectivity index (χ4n) is 7.64. The first kappa shape index (κ1) is 41.3. The molecule has 0 heterocycles. The van der Waals surface area contributed by atoms with Gasteiger partial charge in [-0.25, -0.2) is 0 Å². The van der Waals surface area contributed by atoms with Crippen molar-refractivity contribution in [1.82, 2.24) is 0 Å². The Morgan fingerprint density at radius 3 is 2.06 bits per heavy atom. The second-order valence-corrected chi connectivity index (χ2v) is 16.1. The first-order valence-corrected chi connectivity index (χ1v) is 18.8. The van der Waals surface area contributed by atoms with Crippen LogP contribution < -0.4 is 0 Å². The Labute approximate surface area is 293 Å². The van der Waals surface area contributed by atoms with Gasteiger partial charge in [0.15, 0.2) is 5.78 Å². The predicted octanol–water partition coefficient (Wildman–Crippen LogP) is 11.0. The molecule has 2 aromatic carbocycles. The molecule has 4 nitrogen and oxygen atoms in total. The number of carbonyl (C=O) groups is 4. The van der Waals surface area contributed by atoms with Crippen molar-refractivity contribution >= 4 is 23.1 Å². The Balaban J connectivity index is 0.00000257. The molecule has 48 heavy (non-hydrogen) atoms. The van der Waals surface area contributed by atoms with Crippen molar-refractivity contribution in [2.24, 2.45) is 23.2 Å². The highest BCUT2D eigenvalue weighted by Gasteiger charge is 2.34. The van der Waals surface area contributed by atoms with Crippen LogP contribution in [0.15, 0.2) is 30.3 Å². The Hall–Kier alpha value is -2.88. The summed E-state index contributed by atoms with van der Waals surface area (Å²) < 4.78 is 0. The Morgan fingerprint density at radius 1 is 0.938 bits per heavy atom. The van der Waals surface area contributed by atoms with Crippen molar-refractivity contribution in [2.75, 3.05) is 0 Å². The zero-order valence-corrected chi connectivity index (χ0v) is 32.3. The lowest BCUT2D eigenvalue weighted by atomic mass is 9.70. The van der Waals surface area contributed by atoms with E-state index in [1.165, 1.54) is 30.0 Å². The SMILES string of the molecule is CCC.CCCC(CC1CC(=O)c2c(C)c(CCC(=O)Cc3ccc(CC(C)(C)C)cc3)cc(C(C)C)c2C1)C(CC)C(=O)CC(C)=O. The van der Waals surface area contributed by atoms with Crippen LogP contribution in [0.4, 0.5) is 0 Å². The summed E-state index contributed by atoms with van der Waals surface area (Å²) in [7, 11) is 0. The van der Waals surface area contributed by atoms with E-state index in [4.69, 9.17) is 0 Å². The van der Waals surface area contributed by atoms with Gasteiger partial charge >= 0.3 is 0 Å². The molecule has 4 heteroatoms. The largest absolute Gasteiger partial charge is 0.300 e. The van der Waals surface area contributed by atoms with Crippen molar-refractivity contribution in [3.8, 4) is 0 Å². The number of hydrogen-bond acceptors (Lipinski definition) is 4. The molecule has 0 spiro atoms. The highest BCUT2D eigenvalue weighted by molar-refractivity contribution is 6.01. The topological polar surface area (TPSA) is 68.3 Å². The van der Waals surface area contributed by atoms with Crippen molar-refractivity contribution in [3.05, 3.63) is 69.3 Å². The zero-order chi connectivity index (χ0) is 36.2. The molecule has 3 atom stereocenters. The van der Waals surface area contributed by atoms with Gasteiger partial charge < -0.3 is 0 Å². The molecule has 0 radical (unpaired) electrons. The number of aryl methyl sites for hydroxylation is 1. The molecule has 1 aliphatic rings. The van der Waals surface area contributed by atoms with E-state index < -0.39 is 0 Å². The lowest BCUT2D eigenvalue weighted by Gasteiger charge is -2.33. The summed E-state index contributed by atoms with van der Waals surface area (Å²) in [5.41, 5.74) is 8.00. The highest BCUT2D eigenvalue weighted by atomic mass is 16.1. The Bertz CT molecular complexity index is 1370. The van der Waals surface area contributed by atoms with Gasteiger partial charge in [0, 0.05) is 30.7 Å². The maximum Gasteiger partial charge on any atom is 0.163 e. The van der Waals surface area contributed by atoms with E-state index in [9.17, 15) is 19.2 Å². The predicted molar refractivity (Wildman–Crippen MR) is 201 cm³/mol. The van der Waals surface area contributed by atoms with E-state index in [1.807, 2.05) is 6.92 Å². The lowest BCUT2D eigenvalue weighted by molar-refractivity contribution is -0.130. The van der Waals surface area contributed by atoms with Crippen LogP contribution in [0.5, 0.6) is 0 Å². The minimum Gasteiger partial charge on any atom is -0.300 e. The number of Topliss-reactive ketones (excluding diaryl/α,β-unsaturated/α-hetero) is 4. The van der Waals surface area contributed by atoms with Crippen molar-refractivity contribution < 1.29 is 19.2 Å². The number of rotatable bonds is 16. The van der Waals surface area contributed by atoms with Gasteiger partial charge in [0.1, 0.15) is 17.3 Å². The van der Waals surface area contributed by atoms with E-state index in [2.05, 4.69) is 92.6 Å². The van der Waals surface area contributed by atoms with Crippen LogP contribution in [0.25, 0.3) is 0 Å². The molecule has 266 valence electrons. The molecule has 0 saturated carbocycles. The van der Waals surface area contributed by atoms with Crippen LogP contribution >= 0.6 is 0 Å². The fraction of sp³-hybridized carbons (Fsp3) is 0.636. The second-order valence-electron chi connectivity index (χ2n) is 16.1. The third-order valence-electron chi connectivity index (χ3n) is 9.68. The Kier molecular flexibility index (Phi) is 16.6. The summed E-state index contributed by atoms with van der Waals surface area (Å²) >= 11 is 0. The number of benzene rings is 2. The molecule has 0 N–H and O–H groups in total. The number of ketones is 4. The number of carbonyl (C=O) groups excluding carboxylic acids is 4. The molecule has 0 aliphatic heterocycles. The molecule has 0 saturated heterocycles. The van der Waals surface area contributed by atoms with E-state index in [1.54, 1.807) is 0 Å². The maximum absolute atomic E-state index is 13.8. The second kappa shape index (κ2) is 19.3. The molecular formula is C44H66O4. The molecular weight excluding hydrogens is 592 g/mol. The third-order valence-corrected chi connectivity index (χ3v) is 9.68. The average molecular weight is 659 g/mol. The van der Waals surface area contributed by atoms with Crippen LogP contribution in [-0.4, -0.2) is 23.1 Å². The minimum atomic E-state index is -0.127. The minimum absolute atomic E-state index is 0.0108. The Morgan fingerprint density at radius 2 is 1.54 bits per heavy atom. The van der Waals surface area contributed by atoms with Gasteiger partial charge in [0.2, 0.25) is 0 Å². The van der Waals surface area contributed by atoms with Crippen LogP contribution in [-0.2, 0) is 40.1 Å². The van der Waals surface area contributed by atoms with Crippen molar-refractivity contribution in [2.45, 2.75) is 159 Å². The maximum atomic E-state index is 13.8. The van der Waals surface area contributed by atoms with Gasteiger partial charge in [-0.1, -0.05) is 112 Å². The van der Waals surface area contributed by atoms with Crippen molar-refractivity contribution in [1.29, 1.82) is 0 Å². The summed E-state index contributed by atoms with van der Waals surface area (Å²) in [5.74, 6) is 0.922. The summed E-state index contributed by atoms with van der Waals surface area (Å²) in [6.07, 6.45) is 8.63. The molecule has 1 aliphatic carbocycles. The molecule has 2 aromatic rings. The third kappa shape index (κ3) is 12.5. The van der Waals surface area contributed by atoms with Crippen molar-refractivity contribution in [3.63, 3.8) is 0 Å². The highest BCUT2D eigenvalue weighted by Crippen LogP contribution is 2.40. The van der Waals surface area contributed by atoms with E-state index >= 15 is 0 Å². The molecule has 0 bridgehead atoms. The van der Waals surface area contributed by atoms with Gasteiger partial charge in [0.05, 0.1) is 6.42 Å². The smallest absolute Gasteiger partial charge is 0.163 e. The molecule has 0 amide bonds. The summed E-state index contributed by atoms with van der Waals surface area (Å²) in [6.45, 7) is 23.1. The molecule has 3 rings (SSSR count). The molecule has 0 fully saturated rings. The van der Waals surface area contributed by atoms with Crippen LogP contribution in [0.3, 0.4) is 0 Å². The van der Waals surface area contributed by atoms with E-state index in [0.29, 0.717) is 25.7 Å². The fourth-order valence-corrected chi connectivity index (χ4v) is 7.64.